The minimum Gasteiger partial charge on any atom is -0.494 e. The van der Waals surface area contributed by atoms with E-state index in [0.29, 0.717) is 30.0 Å². The van der Waals surface area contributed by atoms with Crippen LogP contribution in [0.1, 0.15) is 33.2 Å². The van der Waals surface area contributed by atoms with Gasteiger partial charge < -0.3 is 9.47 Å². The predicted molar refractivity (Wildman–Crippen MR) is 122 cm³/mol. The van der Waals surface area contributed by atoms with Gasteiger partial charge in [0.2, 0.25) is 0 Å². The average Bonchev–Trinajstić information content (AvgIpc) is 3.42. The van der Waals surface area contributed by atoms with E-state index in [0.717, 1.165) is 17.1 Å². The summed E-state index contributed by atoms with van der Waals surface area (Å²) in [7, 11) is 0. The van der Waals surface area contributed by atoms with E-state index in [9.17, 15) is 9.59 Å². The first-order chi connectivity index (χ1) is 16.6. The second-order valence-corrected chi connectivity index (χ2v) is 7.10. The first-order valence-electron chi connectivity index (χ1n) is 10.5. The first kappa shape index (κ1) is 22.5. The molecular formula is C24H22N6O4. The van der Waals surface area contributed by atoms with Crippen LogP contribution in [-0.4, -0.2) is 38.6 Å². The van der Waals surface area contributed by atoms with Crippen LogP contribution in [0, 0.1) is 0 Å². The molecule has 2 amide bonds. The zero-order valence-electron chi connectivity index (χ0n) is 18.3. The maximum Gasteiger partial charge on any atom is 0.269 e. The molecule has 0 aliphatic carbocycles. The number of nitrogens with zero attached hydrogens (tertiary/aromatic N) is 4. The summed E-state index contributed by atoms with van der Waals surface area (Å²) in [6.45, 7) is 2.90. The molecule has 0 bridgehead atoms. The van der Waals surface area contributed by atoms with Gasteiger partial charge in [0.15, 0.2) is 0 Å². The Kier molecular flexibility index (Phi) is 7.09. The Morgan fingerprint density at radius 3 is 1.88 bits per heavy atom. The third-order valence-corrected chi connectivity index (χ3v) is 4.79. The molecule has 1 aromatic heterocycles. The molecule has 0 aliphatic heterocycles. The molecule has 1 heterocycles. The molecule has 172 valence electrons. The third-order valence-electron chi connectivity index (χ3n) is 4.79. The average molecular weight is 458 g/mol. The highest BCUT2D eigenvalue weighted by Crippen LogP contribution is 2.19. The van der Waals surface area contributed by atoms with Crippen molar-refractivity contribution in [1.29, 1.82) is 0 Å². The smallest absolute Gasteiger partial charge is 0.269 e. The number of rotatable bonds is 8. The van der Waals surface area contributed by atoms with Crippen LogP contribution in [0.5, 0.6) is 11.5 Å². The number of amides is 2. The molecule has 4 aromatic rings. The van der Waals surface area contributed by atoms with E-state index >= 15 is 0 Å². The van der Waals surface area contributed by atoms with Crippen LogP contribution in [0.25, 0.3) is 5.69 Å². The van der Waals surface area contributed by atoms with E-state index < -0.39 is 11.8 Å². The Balaban J connectivity index is 1.25. The molecule has 0 spiro atoms. The largest absolute Gasteiger partial charge is 0.494 e. The molecule has 0 atom stereocenters. The van der Waals surface area contributed by atoms with Gasteiger partial charge in [-0.3, -0.25) is 20.4 Å². The Morgan fingerprint density at radius 1 is 0.794 bits per heavy atom. The maximum atomic E-state index is 12.4. The summed E-state index contributed by atoms with van der Waals surface area (Å²) >= 11 is 0. The molecular weight excluding hydrogens is 436 g/mol. The summed E-state index contributed by atoms with van der Waals surface area (Å²) in [6.07, 6.45) is 1.45. The van der Waals surface area contributed by atoms with Crippen LogP contribution < -0.4 is 20.3 Å². The standard InChI is InChI=1S/C24H22N6O4/c1-2-33-21-11-13-22(14-12-21)34-15-17-3-5-18(6-4-17)23(31)26-27-24(32)19-7-9-20(10-8-19)30-16-25-28-29-30/h3-14,16H,2,15H2,1H3,(H,26,31)(H,27,32). The van der Waals surface area contributed by atoms with Crippen LogP contribution in [0.3, 0.4) is 0 Å². The Morgan fingerprint density at radius 2 is 1.35 bits per heavy atom. The van der Waals surface area contributed by atoms with Crippen molar-refractivity contribution in [2.24, 2.45) is 0 Å². The van der Waals surface area contributed by atoms with Crippen molar-refractivity contribution in [1.82, 2.24) is 31.1 Å². The van der Waals surface area contributed by atoms with Crippen LogP contribution in [0.4, 0.5) is 0 Å². The van der Waals surface area contributed by atoms with Gasteiger partial charge in [0.1, 0.15) is 24.4 Å². The highest BCUT2D eigenvalue weighted by molar-refractivity contribution is 5.99. The molecule has 0 saturated heterocycles. The van der Waals surface area contributed by atoms with Crippen molar-refractivity contribution < 1.29 is 19.1 Å². The molecule has 2 N–H and O–H groups in total. The molecule has 0 unspecified atom stereocenters. The molecule has 0 radical (unpaired) electrons. The number of aromatic nitrogens is 4. The molecule has 34 heavy (non-hydrogen) atoms. The molecule has 0 fully saturated rings. The van der Waals surface area contributed by atoms with Crippen molar-refractivity contribution in [3.8, 4) is 17.2 Å². The summed E-state index contributed by atoms with van der Waals surface area (Å²) in [5.74, 6) is 0.632. The van der Waals surface area contributed by atoms with Crippen molar-refractivity contribution in [3.63, 3.8) is 0 Å². The van der Waals surface area contributed by atoms with Gasteiger partial charge in [0, 0.05) is 11.1 Å². The van der Waals surface area contributed by atoms with Gasteiger partial charge in [0.05, 0.1) is 12.3 Å². The van der Waals surface area contributed by atoms with Crippen molar-refractivity contribution >= 4 is 11.8 Å². The second-order valence-electron chi connectivity index (χ2n) is 7.10. The fourth-order valence-corrected chi connectivity index (χ4v) is 3.02. The number of hydrogen-bond donors (Lipinski definition) is 2. The topological polar surface area (TPSA) is 120 Å². The normalized spacial score (nSPS) is 10.4. The number of benzene rings is 3. The molecule has 3 aromatic carbocycles. The van der Waals surface area contributed by atoms with Crippen LogP contribution in [0.15, 0.2) is 79.1 Å². The minimum atomic E-state index is -0.447. The van der Waals surface area contributed by atoms with E-state index in [-0.39, 0.29) is 0 Å². The second kappa shape index (κ2) is 10.7. The van der Waals surface area contributed by atoms with E-state index in [1.165, 1.54) is 11.0 Å². The predicted octanol–water partition coefficient (Wildman–Crippen LogP) is 2.71. The van der Waals surface area contributed by atoms with Crippen LogP contribution in [-0.2, 0) is 6.61 Å². The van der Waals surface area contributed by atoms with E-state index in [1.807, 2.05) is 31.2 Å². The summed E-state index contributed by atoms with van der Waals surface area (Å²) in [4.78, 5) is 24.7. The monoisotopic (exact) mass is 458 g/mol. The van der Waals surface area contributed by atoms with Crippen LogP contribution in [0.2, 0.25) is 0 Å². The van der Waals surface area contributed by atoms with E-state index in [4.69, 9.17) is 9.47 Å². The SMILES string of the molecule is CCOc1ccc(OCc2ccc(C(=O)NNC(=O)c3ccc(-n4cnnn4)cc3)cc2)cc1. The van der Waals surface area contributed by atoms with E-state index in [1.54, 1.807) is 48.5 Å². The molecule has 10 heteroatoms. The highest BCUT2D eigenvalue weighted by atomic mass is 16.5. The molecule has 0 saturated carbocycles. The number of tetrazole rings is 1. The first-order valence-corrected chi connectivity index (χ1v) is 10.5. The van der Waals surface area contributed by atoms with Crippen molar-refractivity contribution in [2.75, 3.05) is 6.61 Å². The van der Waals surface area contributed by atoms with E-state index in [2.05, 4.69) is 26.4 Å². The lowest BCUT2D eigenvalue weighted by Crippen LogP contribution is -2.41. The summed E-state index contributed by atoms with van der Waals surface area (Å²) in [5.41, 5.74) is 7.20. The van der Waals surface area contributed by atoms with Gasteiger partial charge in [-0.25, -0.2) is 4.68 Å². The summed E-state index contributed by atoms with van der Waals surface area (Å²) in [5, 5.41) is 10.9. The minimum absolute atomic E-state index is 0.354. The Labute approximate surface area is 195 Å². The molecule has 10 nitrogen and oxygen atoms in total. The lowest BCUT2D eigenvalue weighted by molar-refractivity contribution is 0.0846. The quantitative estimate of drug-likeness (QED) is 0.390. The van der Waals surface area contributed by atoms with Crippen molar-refractivity contribution in [2.45, 2.75) is 13.5 Å². The number of ether oxygens (including phenoxy) is 2. The summed E-state index contributed by atoms with van der Waals surface area (Å²) in [6, 6.07) is 20.9. The number of nitrogens with one attached hydrogen (secondary N) is 2. The van der Waals surface area contributed by atoms with Gasteiger partial charge in [-0.1, -0.05) is 12.1 Å². The highest BCUT2D eigenvalue weighted by Gasteiger charge is 2.10. The van der Waals surface area contributed by atoms with Crippen LogP contribution >= 0.6 is 0 Å². The van der Waals surface area contributed by atoms with Crippen molar-refractivity contribution in [3.05, 3.63) is 95.8 Å². The summed E-state index contributed by atoms with van der Waals surface area (Å²) < 4.78 is 12.6. The fourth-order valence-electron chi connectivity index (χ4n) is 3.02. The maximum absolute atomic E-state index is 12.4. The van der Waals surface area contributed by atoms with Gasteiger partial charge in [-0.15, -0.1) is 5.10 Å². The lowest BCUT2D eigenvalue weighted by Gasteiger charge is -2.10. The number of hydrazine groups is 1. The molecule has 4 rings (SSSR count). The lowest BCUT2D eigenvalue weighted by atomic mass is 10.1. The van der Waals surface area contributed by atoms with Gasteiger partial charge in [-0.05, 0) is 83.6 Å². The zero-order chi connectivity index (χ0) is 23.8. The zero-order valence-corrected chi connectivity index (χ0v) is 18.3. The Bertz CT molecular complexity index is 1220. The number of hydrogen-bond acceptors (Lipinski definition) is 7. The third kappa shape index (κ3) is 5.74. The van der Waals surface area contributed by atoms with Gasteiger partial charge in [0.25, 0.3) is 11.8 Å². The number of carbonyl (C=O) groups is 2. The number of carbonyl (C=O) groups excluding carboxylic acids is 2. The van der Waals surface area contributed by atoms with Gasteiger partial charge >= 0.3 is 0 Å². The fraction of sp³-hybridized carbons (Fsp3) is 0.125. The molecule has 0 aliphatic rings. The van der Waals surface area contributed by atoms with Gasteiger partial charge in [-0.2, -0.15) is 0 Å². The Hall–Kier alpha value is -4.73.